The van der Waals surface area contributed by atoms with Gasteiger partial charge in [-0.15, -0.1) is 0 Å². The summed E-state index contributed by atoms with van der Waals surface area (Å²) in [5.41, 5.74) is 0.753. The van der Waals surface area contributed by atoms with E-state index in [0.29, 0.717) is 5.02 Å². The van der Waals surface area contributed by atoms with Crippen molar-refractivity contribution >= 4 is 27.1 Å². The lowest BCUT2D eigenvalue weighted by atomic mass is 10.2. The van der Waals surface area contributed by atoms with Crippen LogP contribution in [0.1, 0.15) is 6.92 Å². The Bertz CT molecular complexity index is 525. The summed E-state index contributed by atoms with van der Waals surface area (Å²) >= 11 is 5.99. The van der Waals surface area contributed by atoms with Crippen LogP contribution in [-0.4, -0.2) is 19.7 Å². The lowest BCUT2D eigenvalue weighted by Gasteiger charge is -2.17. The van der Waals surface area contributed by atoms with Gasteiger partial charge in [-0.05, 0) is 25.1 Å². The molecule has 1 N–H and O–H groups in total. The van der Waals surface area contributed by atoms with E-state index in [1.807, 2.05) is 18.2 Å². The molecule has 3 nitrogen and oxygen atoms in total. The van der Waals surface area contributed by atoms with Crippen LogP contribution < -0.4 is 5.32 Å². The van der Waals surface area contributed by atoms with Crippen LogP contribution in [0.4, 0.5) is 5.69 Å². The molecule has 0 unspecified atom stereocenters. The predicted octanol–water partition coefficient (Wildman–Crippen LogP) is 2.45. The van der Waals surface area contributed by atoms with Gasteiger partial charge >= 0.3 is 0 Å². The summed E-state index contributed by atoms with van der Waals surface area (Å²) < 4.78 is 23.0. The zero-order chi connectivity index (χ0) is 11.8. The molecule has 1 aliphatic heterocycles. The fraction of sp³-hybridized carbons (Fsp3) is 0.273. The van der Waals surface area contributed by atoms with E-state index in [9.17, 15) is 8.42 Å². The van der Waals surface area contributed by atoms with Gasteiger partial charge in [0.05, 0.1) is 22.0 Å². The zero-order valence-corrected chi connectivity index (χ0v) is 10.3. The molecule has 1 heterocycles. The molecule has 5 heteroatoms. The number of hydrogen-bond donors (Lipinski definition) is 1. The molecule has 0 aromatic heterocycles. The topological polar surface area (TPSA) is 46.2 Å². The first-order valence-electron chi connectivity index (χ1n) is 4.94. The average Bonchev–Trinajstić information content (AvgIpc) is 2.49. The van der Waals surface area contributed by atoms with Crippen molar-refractivity contribution in [2.24, 2.45) is 0 Å². The van der Waals surface area contributed by atoms with Crippen molar-refractivity contribution in [1.29, 1.82) is 0 Å². The van der Waals surface area contributed by atoms with Gasteiger partial charge in [0.2, 0.25) is 0 Å². The third kappa shape index (κ3) is 2.08. The summed E-state index contributed by atoms with van der Waals surface area (Å²) in [5, 5.41) is 4.51. The lowest BCUT2D eigenvalue weighted by Crippen LogP contribution is -2.30. The first-order chi connectivity index (χ1) is 7.50. The molecular weight excluding hydrogens is 246 g/mol. The van der Waals surface area contributed by atoms with E-state index in [-0.39, 0.29) is 6.04 Å². The minimum Gasteiger partial charge on any atom is -0.376 e. The van der Waals surface area contributed by atoms with E-state index < -0.39 is 15.1 Å². The molecule has 0 saturated heterocycles. The van der Waals surface area contributed by atoms with Crippen LogP contribution in [0.25, 0.3) is 0 Å². The Hall–Kier alpha value is -1.00. The monoisotopic (exact) mass is 257 g/mol. The van der Waals surface area contributed by atoms with Crippen molar-refractivity contribution in [3.05, 3.63) is 40.8 Å². The lowest BCUT2D eigenvalue weighted by molar-refractivity contribution is 0.593. The summed E-state index contributed by atoms with van der Waals surface area (Å²) in [6, 6.07) is 7.06. The van der Waals surface area contributed by atoms with Gasteiger partial charge in [-0.3, -0.25) is 0 Å². The molecule has 0 radical (unpaired) electrons. The van der Waals surface area contributed by atoms with E-state index in [2.05, 4.69) is 5.32 Å². The molecule has 86 valence electrons. The first kappa shape index (κ1) is 11.5. The van der Waals surface area contributed by atoms with E-state index in [4.69, 9.17) is 11.6 Å². The standard InChI is InChI=1S/C11H12ClNO2S/c1-8-10(6-7-16(8,14)15)13-11-5-3-2-4-9(11)12/h2-8,10,13H,1H3/t8-,10+/m1/s1. The van der Waals surface area contributed by atoms with Crippen molar-refractivity contribution < 1.29 is 8.42 Å². The summed E-state index contributed by atoms with van der Waals surface area (Å²) in [6.07, 6.45) is 1.66. The summed E-state index contributed by atoms with van der Waals surface area (Å²) in [5.74, 6) is 0. The smallest absolute Gasteiger partial charge is 0.176 e. The minimum absolute atomic E-state index is 0.218. The van der Waals surface area contributed by atoms with Crippen LogP contribution in [0.2, 0.25) is 5.02 Å². The van der Waals surface area contributed by atoms with Crippen molar-refractivity contribution in [2.75, 3.05) is 5.32 Å². The van der Waals surface area contributed by atoms with E-state index in [1.165, 1.54) is 5.41 Å². The molecule has 0 spiro atoms. The normalized spacial score (nSPS) is 26.9. The van der Waals surface area contributed by atoms with Crippen molar-refractivity contribution in [2.45, 2.75) is 18.2 Å². The van der Waals surface area contributed by atoms with Crippen LogP contribution in [0.15, 0.2) is 35.7 Å². The van der Waals surface area contributed by atoms with Gasteiger partial charge in [-0.1, -0.05) is 23.7 Å². The molecule has 0 amide bonds. The van der Waals surface area contributed by atoms with Crippen LogP contribution in [0, 0.1) is 0 Å². The highest BCUT2D eigenvalue weighted by Gasteiger charge is 2.31. The van der Waals surface area contributed by atoms with Crippen LogP contribution >= 0.6 is 11.6 Å². The van der Waals surface area contributed by atoms with Gasteiger partial charge in [0.1, 0.15) is 0 Å². The molecule has 1 aliphatic rings. The number of sulfone groups is 1. The number of rotatable bonds is 2. The van der Waals surface area contributed by atoms with Gasteiger partial charge in [0, 0.05) is 5.41 Å². The maximum Gasteiger partial charge on any atom is 0.176 e. The molecule has 1 aromatic carbocycles. The number of anilines is 1. The maximum atomic E-state index is 11.5. The third-order valence-corrected chi connectivity index (χ3v) is 4.89. The summed E-state index contributed by atoms with van der Waals surface area (Å²) in [6.45, 7) is 1.68. The molecule has 0 saturated carbocycles. The summed E-state index contributed by atoms with van der Waals surface area (Å²) in [4.78, 5) is 0. The Morgan fingerprint density at radius 3 is 2.56 bits per heavy atom. The zero-order valence-electron chi connectivity index (χ0n) is 8.72. The number of nitrogens with one attached hydrogen (secondary N) is 1. The molecule has 2 rings (SSSR count). The van der Waals surface area contributed by atoms with Gasteiger partial charge in [-0.2, -0.15) is 0 Å². The van der Waals surface area contributed by atoms with E-state index in [0.717, 1.165) is 5.69 Å². The highest BCUT2D eigenvalue weighted by molar-refractivity contribution is 7.95. The second kappa shape index (κ2) is 4.11. The predicted molar refractivity (Wildman–Crippen MR) is 66.4 cm³/mol. The molecule has 16 heavy (non-hydrogen) atoms. The molecule has 2 atom stereocenters. The van der Waals surface area contributed by atoms with Gasteiger partial charge < -0.3 is 5.32 Å². The largest absolute Gasteiger partial charge is 0.376 e. The molecule has 0 fully saturated rings. The SMILES string of the molecule is C[C@@H]1[C@@H](Nc2ccccc2Cl)C=CS1(=O)=O. The highest BCUT2D eigenvalue weighted by atomic mass is 35.5. The van der Waals surface area contributed by atoms with Crippen molar-refractivity contribution in [3.63, 3.8) is 0 Å². The number of para-hydroxylation sites is 1. The Morgan fingerprint density at radius 2 is 2.00 bits per heavy atom. The van der Waals surface area contributed by atoms with Gasteiger partial charge in [0.15, 0.2) is 9.84 Å². The summed E-state index contributed by atoms with van der Waals surface area (Å²) in [7, 11) is -3.09. The van der Waals surface area contributed by atoms with E-state index >= 15 is 0 Å². The molecular formula is C11H12ClNO2S. The highest BCUT2D eigenvalue weighted by Crippen LogP contribution is 2.26. The Morgan fingerprint density at radius 1 is 1.31 bits per heavy atom. The molecule has 0 bridgehead atoms. The Labute approximate surface area is 100 Å². The number of benzene rings is 1. The third-order valence-electron chi connectivity index (χ3n) is 2.70. The van der Waals surface area contributed by atoms with Crippen LogP contribution in [0.5, 0.6) is 0 Å². The van der Waals surface area contributed by atoms with Gasteiger partial charge in [0.25, 0.3) is 0 Å². The van der Waals surface area contributed by atoms with Crippen LogP contribution in [0.3, 0.4) is 0 Å². The second-order valence-corrected chi connectivity index (χ2v) is 6.37. The number of hydrogen-bond acceptors (Lipinski definition) is 3. The minimum atomic E-state index is -3.09. The molecule has 0 aliphatic carbocycles. The fourth-order valence-corrected chi connectivity index (χ4v) is 3.00. The average molecular weight is 258 g/mol. The van der Waals surface area contributed by atoms with Gasteiger partial charge in [-0.25, -0.2) is 8.42 Å². The second-order valence-electron chi connectivity index (χ2n) is 3.77. The maximum absolute atomic E-state index is 11.5. The van der Waals surface area contributed by atoms with Crippen molar-refractivity contribution in [3.8, 4) is 0 Å². The molecule has 1 aromatic rings. The first-order valence-corrected chi connectivity index (χ1v) is 6.92. The number of halogens is 1. The quantitative estimate of drug-likeness (QED) is 0.885. The fourth-order valence-electron chi connectivity index (χ4n) is 1.60. The Balaban J connectivity index is 2.20. The van der Waals surface area contributed by atoms with E-state index in [1.54, 1.807) is 19.1 Å². The van der Waals surface area contributed by atoms with Crippen molar-refractivity contribution in [1.82, 2.24) is 0 Å². The van der Waals surface area contributed by atoms with Crippen LogP contribution in [-0.2, 0) is 9.84 Å². The Kier molecular flexibility index (Phi) is 2.95.